The summed E-state index contributed by atoms with van der Waals surface area (Å²) in [6.45, 7) is 8.25. The molecule has 0 aromatic heterocycles. The van der Waals surface area contributed by atoms with Crippen LogP contribution in [0, 0.1) is 0 Å². The van der Waals surface area contributed by atoms with Gasteiger partial charge in [0.25, 0.3) is 5.91 Å². The fourth-order valence-corrected chi connectivity index (χ4v) is 3.25. The Hall–Kier alpha value is -3.02. The molecule has 2 amide bonds. The lowest BCUT2D eigenvalue weighted by Crippen LogP contribution is -2.32. The molecule has 1 heterocycles. The third kappa shape index (κ3) is 5.53. The lowest BCUT2D eigenvalue weighted by molar-refractivity contribution is -0.130. The molecule has 0 spiro atoms. The number of carbonyl (C=O) groups is 2. The highest BCUT2D eigenvalue weighted by Crippen LogP contribution is 2.31. The molecule has 6 nitrogen and oxygen atoms in total. The van der Waals surface area contributed by atoms with Crippen molar-refractivity contribution in [2.45, 2.75) is 39.2 Å². The second-order valence-electron chi connectivity index (χ2n) is 8.56. The third-order valence-corrected chi connectivity index (χ3v) is 5.09. The van der Waals surface area contributed by atoms with E-state index in [-0.39, 0.29) is 23.7 Å². The monoisotopic (exact) mass is 410 g/mol. The Bertz CT molecular complexity index is 900. The van der Waals surface area contributed by atoms with Gasteiger partial charge in [-0.25, -0.2) is 0 Å². The van der Waals surface area contributed by atoms with Crippen LogP contribution in [0.4, 0.5) is 0 Å². The molecule has 6 heteroatoms. The molecule has 0 saturated heterocycles. The molecular weight excluding hydrogens is 380 g/mol. The van der Waals surface area contributed by atoms with E-state index in [4.69, 9.17) is 9.47 Å². The van der Waals surface area contributed by atoms with Crippen LogP contribution in [-0.2, 0) is 16.8 Å². The maximum Gasteiger partial charge on any atom is 0.251 e. The molecule has 0 aliphatic carbocycles. The maximum atomic E-state index is 12.4. The van der Waals surface area contributed by atoms with Gasteiger partial charge < -0.3 is 19.7 Å². The molecule has 1 N–H and O–H groups in total. The van der Waals surface area contributed by atoms with Gasteiger partial charge in [-0.3, -0.25) is 9.59 Å². The van der Waals surface area contributed by atoms with Gasteiger partial charge in [-0.2, -0.15) is 0 Å². The van der Waals surface area contributed by atoms with Gasteiger partial charge in [0.05, 0.1) is 0 Å². The van der Waals surface area contributed by atoms with Crippen LogP contribution in [0.15, 0.2) is 42.5 Å². The zero-order valence-corrected chi connectivity index (χ0v) is 18.2. The molecule has 30 heavy (non-hydrogen) atoms. The SMILES string of the molecule is CN(Cc1ccc2c(c1)OCCO2)C(=O)CCNC(=O)c1ccc(C(C)(C)C)cc1. The van der Waals surface area contributed by atoms with Crippen LogP contribution < -0.4 is 14.8 Å². The van der Waals surface area contributed by atoms with Gasteiger partial charge >= 0.3 is 0 Å². The minimum absolute atomic E-state index is 0.0340. The van der Waals surface area contributed by atoms with Gasteiger partial charge in [-0.05, 0) is 40.8 Å². The maximum absolute atomic E-state index is 12.4. The summed E-state index contributed by atoms with van der Waals surface area (Å²) in [7, 11) is 1.76. The van der Waals surface area contributed by atoms with Crippen molar-refractivity contribution >= 4 is 11.8 Å². The van der Waals surface area contributed by atoms with E-state index in [1.165, 1.54) is 5.56 Å². The summed E-state index contributed by atoms with van der Waals surface area (Å²) in [6.07, 6.45) is 0.243. The van der Waals surface area contributed by atoms with E-state index in [0.717, 1.165) is 11.3 Å². The van der Waals surface area contributed by atoms with Crippen LogP contribution >= 0.6 is 0 Å². The predicted octanol–water partition coefficient (Wildman–Crippen LogP) is 3.53. The number of fused-ring (bicyclic) bond motifs is 1. The van der Waals surface area contributed by atoms with Crippen LogP contribution in [0.5, 0.6) is 11.5 Å². The van der Waals surface area contributed by atoms with Crippen molar-refractivity contribution in [2.75, 3.05) is 26.8 Å². The third-order valence-electron chi connectivity index (χ3n) is 5.09. The minimum atomic E-state index is -0.169. The first kappa shape index (κ1) is 21.7. The van der Waals surface area contributed by atoms with Gasteiger partial charge in [0.1, 0.15) is 13.2 Å². The Morgan fingerprint density at radius 3 is 2.33 bits per heavy atom. The van der Waals surface area contributed by atoms with Crippen molar-refractivity contribution in [3.05, 3.63) is 59.2 Å². The zero-order valence-electron chi connectivity index (χ0n) is 18.2. The number of nitrogens with zero attached hydrogens (tertiary/aromatic N) is 1. The second-order valence-corrected chi connectivity index (χ2v) is 8.56. The van der Waals surface area contributed by atoms with Crippen molar-refractivity contribution in [1.82, 2.24) is 10.2 Å². The smallest absolute Gasteiger partial charge is 0.251 e. The molecule has 0 fully saturated rings. The Kier molecular flexibility index (Phi) is 6.65. The van der Waals surface area contributed by atoms with Crippen molar-refractivity contribution in [3.8, 4) is 11.5 Å². The van der Waals surface area contributed by atoms with E-state index in [1.807, 2.05) is 42.5 Å². The minimum Gasteiger partial charge on any atom is -0.486 e. The molecule has 0 atom stereocenters. The Morgan fingerprint density at radius 1 is 1.00 bits per heavy atom. The molecule has 0 bridgehead atoms. The van der Waals surface area contributed by atoms with Crippen LogP contribution in [-0.4, -0.2) is 43.5 Å². The first-order valence-electron chi connectivity index (χ1n) is 10.3. The van der Waals surface area contributed by atoms with Crippen LogP contribution in [0.25, 0.3) is 0 Å². The largest absolute Gasteiger partial charge is 0.486 e. The van der Waals surface area contributed by atoms with Gasteiger partial charge in [0.15, 0.2) is 11.5 Å². The molecule has 0 unspecified atom stereocenters. The summed E-state index contributed by atoms with van der Waals surface area (Å²) < 4.78 is 11.1. The second kappa shape index (κ2) is 9.20. The van der Waals surface area contributed by atoms with Crippen LogP contribution in [0.3, 0.4) is 0 Å². The van der Waals surface area contributed by atoms with E-state index in [1.54, 1.807) is 11.9 Å². The number of rotatable bonds is 6. The van der Waals surface area contributed by atoms with Crippen LogP contribution in [0.1, 0.15) is 48.7 Å². The molecule has 1 aliphatic heterocycles. The zero-order chi connectivity index (χ0) is 21.7. The van der Waals surface area contributed by atoms with E-state index < -0.39 is 0 Å². The van der Waals surface area contributed by atoms with Crippen molar-refractivity contribution in [3.63, 3.8) is 0 Å². The average Bonchev–Trinajstić information content (AvgIpc) is 2.73. The summed E-state index contributed by atoms with van der Waals surface area (Å²) in [6, 6.07) is 13.3. The number of hydrogen-bond acceptors (Lipinski definition) is 4. The number of benzene rings is 2. The number of nitrogens with one attached hydrogen (secondary N) is 1. The van der Waals surface area contributed by atoms with Gasteiger partial charge in [-0.15, -0.1) is 0 Å². The average molecular weight is 411 g/mol. The van der Waals surface area contributed by atoms with Gasteiger partial charge in [0.2, 0.25) is 5.91 Å². The van der Waals surface area contributed by atoms with Crippen LogP contribution in [0.2, 0.25) is 0 Å². The van der Waals surface area contributed by atoms with Crippen molar-refractivity contribution < 1.29 is 19.1 Å². The quantitative estimate of drug-likeness (QED) is 0.791. The normalized spacial score (nSPS) is 12.9. The highest BCUT2D eigenvalue weighted by molar-refractivity contribution is 5.94. The summed E-state index contributed by atoms with van der Waals surface area (Å²) in [4.78, 5) is 26.4. The Morgan fingerprint density at radius 2 is 1.67 bits per heavy atom. The van der Waals surface area contributed by atoms with Gasteiger partial charge in [-0.1, -0.05) is 39.0 Å². The molecular formula is C24H30N2O4. The highest BCUT2D eigenvalue weighted by Gasteiger charge is 2.16. The van der Waals surface area contributed by atoms with Gasteiger partial charge in [0, 0.05) is 32.1 Å². The summed E-state index contributed by atoms with van der Waals surface area (Å²) >= 11 is 0. The van der Waals surface area contributed by atoms with E-state index in [2.05, 4.69) is 26.1 Å². The number of carbonyl (C=O) groups excluding carboxylic acids is 2. The number of hydrogen-bond donors (Lipinski definition) is 1. The molecule has 160 valence electrons. The van der Waals surface area contributed by atoms with E-state index in [0.29, 0.717) is 37.6 Å². The number of amides is 2. The molecule has 0 saturated carbocycles. The number of ether oxygens (including phenoxy) is 2. The molecule has 1 aliphatic rings. The predicted molar refractivity (Wildman–Crippen MR) is 116 cm³/mol. The lowest BCUT2D eigenvalue weighted by Gasteiger charge is -2.21. The van der Waals surface area contributed by atoms with Crippen molar-refractivity contribution in [2.24, 2.45) is 0 Å². The molecule has 2 aromatic rings. The Balaban J connectivity index is 1.46. The van der Waals surface area contributed by atoms with E-state index in [9.17, 15) is 9.59 Å². The standard InChI is InChI=1S/C24H30N2O4/c1-24(2,3)19-8-6-18(7-9-19)23(28)25-12-11-22(27)26(4)16-17-5-10-20-21(15-17)30-14-13-29-20/h5-10,15H,11-14,16H2,1-4H3,(H,25,28). The lowest BCUT2D eigenvalue weighted by atomic mass is 9.87. The molecule has 3 rings (SSSR count). The van der Waals surface area contributed by atoms with Crippen molar-refractivity contribution in [1.29, 1.82) is 0 Å². The topological polar surface area (TPSA) is 67.9 Å². The Labute approximate surface area is 178 Å². The highest BCUT2D eigenvalue weighted by atomic mass is 16.6. The molecule has 2 aromatic carbocycles. The summed E-state index contributed by atoms with van der Waals surface area (Å²) in [5.74, 6) is 1.24. The first-order valence-corrected chi connectivity index (χ1v) is 10.3. The van der Waals surface area contributed by atoms with E-state index >= 15 is 0 Å². The fourth-order valence-electron chi connectivity index (χ4n) is 3.25. The fraction of sp³-hybridized carbons (Fsp3) is 0.417. The summed E-state index contributed by atoms with van der Waals surface area (Å²) in [5.41, 5.74) is 2.79. The first-order chi connectivity index (χ1) is 14.2. The summed E-state index contributed by atoms with van der Waals surface area (Å²) in [5, 5.41) is 2.82. The molecule has 0 radical (unpaired) electrons.